The van der Waals surface area contributed by atoms with Crippen LogP contribution in [-0.4, -0.2) is 26.2 Å². The summed E-state index contributed by atoms with van der Waals surface area (Å²) >= 11 is 6.11. The van der Waals surface area contributed by atoms with Gasteiger partial charge in [-0.2, -0.15) is 0 Å². The molecule has 136 valence electrons. The van der Waals surface area contributed by atoms with E-state index in [0.29, 0.717) is 6.54 Å². The number of nitrogens with zero attached hydrogens (tertiary/aromatic N) is 1. The quantitative estimate of drug-likeness (QED) is 0.850. The van der Waals surface area contributed by atoms with Crippen LogP contribution in [0, 0.1) is 5.41 Å². The zero-order valence-corrected chi connectivity index (χ0v) is 15.7. The molecule has 1 fully saturated rings. The smallest absolute Gasteiger partial charge is 0.124 e. The van der Waals surface area contributed by atoms with Gasteiger partial charge in [0.2, 0.25) is 0 Å². The summed E-state index contributed by atoms with van der Waals surface area (Å²) in [6, 6.07) is 14.0. The van der Waals surface area contributed by atoms with Crippen molar-refractivity contribution in [2.24, 2.45) is 10.4 Å². The minimum Gasteiger partial charge on any atom is -0.496 e. The van der Waals surface area contributed by atoms with E-state index >= 15 is 0 Å². The number of benzene rings is 2. The van der Waals surface area contributed by atoms with Crippen molar-refractivity contribution in [1.29, 1.82) is 0 Å². The molecule has 0 aliphatic carbocycles. The van der Waals surface area contributed by atoms with Gasteiger partial charge in [-0.15, -0.1) is 0 Å². The molecule has 0 atom stereocenters. The highest BCUT2D eigenvalue weighted by Crippen LogP contribution is 2.44. The van der Waals surface area contributed by atoms with Gasteiger partial charge in [0.05, 0.1) is 13.7 Å². The van der Waals surface area contributed by atoms with Crippen LogP contribution in [0.4, 0.5) is 5.69 Å². The minimum atomic E-state index is -0.0154. The average Bonchev–Trinajstić information content (AvgIpc) is 2.67. The number of methoxy groups -OCH3 is 1. The Morgan fingerprint density at radius 1 is 1.19 bits per heavy atom. The zero-order valence-electron chi connectivity index (χ0n) is 14.9. The Labute approximate surface area is 159 Å². The molecule has 2 aliphatic rings. The molecule has 0 radical (unpaired) electrons. The molecule has 2 aromatic carbocycles. The van der Waals surface area contributed by atoms with E-state index in [4.69, 9.17) is 26.1 Å². The number of rotatable bonds is 3. The van der Waals surface area contributed by atoms with E-state index in [1.807, 2.05) is 30.3 Å². The number of aliphatic imine (C=N–C) groups is 1. The van der Waals surface area contributed by atoms with Crippen molar-refractivity contribution >= 4 is 23.1 Å². The molecule has 2 aliphatic heterocycles. The van der Waals surface area contributed by atoms with Crippen molar-refractivity contribution in [3.8, 4) is 5.75 Å². The Morgan fingerprint density at radius 2 is 2.00 bits per heavy atom. The lowest BCUT2D eigenvalue weighted by atomic mass is 9.71. The van der Waals surface area contributed by atoms with E-state index < -0.39 is 0 Å². The molecule has 5 heteroatoms. The second-order valence-corrected chi connectivity index (χ2v) is 7.41. The van der Waals surface area contributed by atoms with Crippen LogP contribution in [0.15, 0.2) is 47.5 Å². The number of ether oxygens (including phenoxy) is 2. The summed E-state index contributed by atoms with van der Waals surface area (Å²) in [6.07, 6.45) is 2.86. The Balaban J connectivity index is 1.70. The van der Waals surface area contributed by atoms with Crippen LogP contribution < -0.4 is 10.1 Å². The predicted molar refractivity (Wildman–Crippen MR) is 105 cm³/mol. The summed E-state index contributed by atoms with van der Waals surface area (Å²) in [5, 5.41) is 4.34. The summed E-state index contributed by atoms with van der Waals surface area (Å²) in [5.41, 5.74) is 3.42. The fourth-order valence-electron chi connectivity index (χ4n) is 3.93. The van der Waals surface area contributed by atoms with Gasteiger partial charge in [-0.25, -0.2) is 0 Å². The van der Waals surface area contributed by atoms with Crippen molar-refractivity contribution in [3.05, 3.63) is 58.6 Å². The Hall–Kier alpha value is -2.04. The Bertz CT molecular complexity index is 829. The highest BCUT2D eigenvalue weighted by molar-refractivity contribution is 6.30. The van der Waals surface area contributed by atoms with Crippen LogP contribution in [0.2, 0.25) is 5.02 Å². The number of hydrogen-bond donors (Lipinski definition) is 1. The lowest BCUT2D eigenvalue weighted by Crippen LogP contribution is -2.46. The molecule has 0 amide bonds. The molecular weight excluding hydrogens is 348 g/mol. The molecular formula is C21H23ClN2O2. The Kier molecular flexibility index (Phi) is 4.88. The standard InChI is InChI=1S/C21H23ClN2O2/c1-25-19-7-3-6-18-17(19)13-21(8-10-26-11-9-21)20(24-18)23-14-15-4-2-5-16(22)12-15/h2-7,12H,8-11,13-14H2,1H3,(H,23,24). The molecule has 1 saturated heterocycles. The molecule has 2 aromatic rings. The first-order chi connectivity index (χ1) is 12.7. The molecule has 1 N–H and O–H groups in total. The van der Waals surface area contributed by atoms with Crippen molar-refractivity contribution in [2.75, 3.05) is 25.6 Å². The van der Waals surface area contributed by atoms with E-state index in [1.54, 1.807) is 7.11 Å². The lowest BCUT2D eigenvalue weighted by molar-refractivity contribution is 0.0446. The molecule has 0 unspecified atom stereocenters. The topological polar surface area (TPSA) is 42.9 Å². The fraction of sp³-hybridized carbons (Fsp3) is 0.381. The number of amidine groups is 1. The second kappa shape index (κ2) is 7.29. The van der Waals surface area contributed by atoms with Gasteiger partial charge in [-0.05, 0) is 49.1 Å². The van der Waals surface area contributed by atoms with E-state index in [1.165, 1.54) is 5.56 Å². The average molecular weight is 371 g/mol. The SMILES string of the molecule is COc1cccc2c1CC1(CCOCC1)C(=NCc1cccc(Cl)c1)N2. The largest absolute Gasteiger partial charge is 0.496 e. The third kappa shape index (κ3) is 3.31. The zero-order chi connectivity index (χ0) is 18.0. The van der Waals surface area contributed by atoms with Crippen molar-refractivity contribution < 1.29 is 9.47 Å². The number of anilines is 1. The van der Waals surface area contributed by atoms with Crippen LogP contribution >= 0.6 is 11.6 Å². The summed E-state index contributed by atoms with van der Waals surface area (Å²) in [6.45, 7) is 2.15. The minimum absolute atomic E-state index is 0.0154. The molecule has 0 bridgehead atoms. The highest BCUT2D eigenvalue weighted by atomic mass is 35.5. The molecule has 0 aromatic heterocycles. The van der Waals surface area contributed by atoms with E-state index in [-0.39, 0.29) is 5.41 Å². The first-order valence-electron chi connectivity index (χ1n) is 9.00. The summed E-state index contributed by atoms with van der Waals surface area (Å²) in [7, 11) is 1.73. The van der Waals surface area contributed by atoms with Crippen LogP contribution in [-0.2, 0) is 17.7 Å². The van der Waals surface area contributed by atoms with Gasteiger partial charge in [-0.1, -0.05) is 29.8 Å². The number of hydrogen-bond acceptors (Lipinski definition) is 3. The van der Waals surface area contributed by atoms with Gasteiger partial charge in [0.15, 0.2) is 0 Å². The van der Waals surface area contributed by atoms with Crippen molar-refractivity contribution in [2.45, 2.75) is 25.8 Å². The van der Waals surface area contributed by atoms with Crippen LogP contribution in [0.1, 0.15) is 24.0 Å². The van der Waals surface area contributed by atoms with Crippen molar-refractivity contribution in [3.63, 3.8) is 0 Å². The van der Waals surface area contributed by atoms with Crippen LogP contribution in [0.5, 0.6) is 5.75 Å². The fourth-order valence-corrected chi connectivity index (χ4v) is 4.14. The first-order valence-corrected chi connectivity index (χ1v) is 9.38. The maximum atomic E-state index is 6.11. The van der Waals surface area contributed by atoms with E-state index in [2.05, 4.69) is 17.4 Å². The molecule has 4 rings (SSSR count). The van der Waals surface area contributed by atoms with E-state index in [9.17, 15) is 0 Å². The number of fused-ring (bicyclic) bond motifs is 1. The van der Waals surface area contributed by atoms with Gasteiger partial charge in [0.25, 0.3) is 0 Å². The summed E-state index contributed by atoms with van der Waals surface area (Å²) in [5.74, 6) is 2.00. The maximum Gasteiger partial charge on any atom is 0.124 e. The van der Waals surface area contributed by atoms with Gasteiger partial charge < -0.3 is 14.8 Å². The van der Waals surface area contributed by atoms with Gasteiger partial charge in [0, 0.05) is 34.9 Å². The molecule has 1 spiro atoms. The molecule has 2 heterocycles. The van der Waals surface area contributed by atoms with Gasteiger partial charge >= 0.3 is 0 Å². The Morgan fingerprint density at radius 3 is 2.77 bits per heavy atom. The van der Waals surface area contributed by atoms with Gasteiger partial charge in [0.1, 0.15) is 11.6 Å². The molecule has 0 saturated carbocycles. The highest BCUT2D eigenvalue weighted by Gasteiger charge is 2.42. The van der Waals surface area contributed by atoms with Crippen molar-refractivity contribution in [1.82, 2.24) is 0 Å². The predicted octanol–water partition coefficient (Wildman–Crippen LogP) is 4.71. The third-order valence-electron chi connectivity index (χ3n) is 5.38. The van der Waals surface area contributed by atoms with Crippen LogP contribution in [0.25, 0.3) is 0 Å². The monoisotopic (exact) mass is 370 g/mol. The molecule has 4 nitrogen and oxygen atoms in total. The molecule has 26 heavy (non-hydrogen) atoms. The lowest BCUT2D eigenvalue weighted by Gasteiger charge is -2.42. The van der Waals surface area contributed by atoms with Gasteiger partial charge in [-0.3, -0.25) is 4.99 Å². The number of nitrogens with one attached hydrogen (secondary N) is 1. The number of halogens is 1. The van der Waals surface area contributed by atoms with E-state index in [0.717, 1.165) is 60.3 Å². The van der Waals surface area contributed by atoms with Crippen LogP contribution in [0.3, 0.4) is 0 Å². The normalized spacial score (nSPS) is 19.8. The third-order valence-corrected chi connectivity index (χ3v) is 5.62. The first kappa shape index (κ1) is 17.4. The second-order valence-electron chi connectivity index (χ2n) is 6.98. The summed E-state index contributed by atoms with van der Waals surface area (Å²) in [4.78, 5) is 4.98. The maximum absolute atomic E-state index is 6.11. The summed E-state index contributed by atoms with van der Waals surface area (Å²) < 4.78 is 11.2.